The number of ether oxygens (including phenoxy) is 1. The predicted molar refractivity (Wildman–Crippen MR) is 144 cm³/mol. The third-order valence-corrected chi connectivity index (χ3v) is 7.51. The van der Waals surface area contributed by atoms with Gasteiger partial charge in [-0.2, -0.15) is 0 Å². The lowest BCUT2D eigenvalue weighted by Gasteiger charge is -2.21. The lowest BCUT2D eigenvalue weighted by molar-refractivity contribution is 0.414. The van der Waals surface area contributed by atoms with Crippen molar-refractivity contribution in [2.45, 2.75) is 58.4 Å². The Morgan fingerprint density at radius 3 is 2.65 bits per heavy atom. The summed E-state index contributed by atoms with van der Waals surface area (Å²) in [5.41, 5.74) is 4.11. The first kappa shape index (κ1) is 25.1. The van der Waals surface area contributed by atoms with Gasteiger partial charge in [0.25, 0.3) is 5.56 Å². The Morgan fingerprint density at radius 1 is 1.24 bits per heavy atom. The first-order chi connectivity index (χ1) is 17.8. The van der Waals surface area contributed by atoms with Crippen molar-refractivity contribution in [1.82, 2.24) is 14.5 Å². The van der Waals surface area contributed by atoms with Gasteiger partial charge >= 0.3 is 0 Å². The first-order valence-corrected chi connectivity index (χ1v) is 12.9. The minimum atomic E-state index is -0.220. The Kier molecular flexibility index (Phi) is 6.82. The predicted octanol–water partition coefficient (Wildman–Crippen LogP) is 6.68. The van der Waals surface area contributed by atoms with Crippen molar-refractivity contribution >= 4 is 11.6 Å². The maximum atomic E-state index is 14.3. The van der Waals surface area contributed by atoms with Gasteiger partial charge in [-0.25, -0.2) is 9.97 Å². The Hall–Kier alpha value is -3.58. The summed E-state index contributed by atoms with van der Waals surface area (Å²) < 4.78 is 12.6. The van der Waals surface area contributed by atoms with Gasteiger partial charge in [0.2, 0.25) is 0 Å². The highest BCUT2D eigenvalue weighted by atomic mass is 35.5. The van der Waals surface area contributed by atoms with Crippen LogP contribution in [0.5, 0.6) is 11.5 Å². The number of aryl methyl sites for hydroxylation is 1. The maximum absolute atomic E-state index is 14.3. The fourth-order valence-electron chi connectivity index (χ4n) is 4.91. The normalized spacial score (nSPS) is 14.1. The summed E-state index contributed by atoms with van der Waals surface area (Å²) in [4.78, 5) is 23.4. The summed E-state index contributed by atoms with van der Waals surface area (Å²) in [5.74, 6) is 2.28. The fraction of sp³-hybridized carbons (Fsp3) is 0.345. The molecule has 1 aliphatic carbocycles. The topological polar surface area (TPSA) is 90.4 Å². The quantitative estimate of drug-likeness (QED) is 0.279. The molecule has 0 aliphatic heterocycles. The molecule has 0 spiro atoms. The van der Waals surface area contributed by atoms with Gasteiger partial charge in [0.15, 0.2) is 6.39 Å². The molecule has 1 fully saturated rings. The van der Waals surface area contributed by atoms with Gasteiger partial charge in [0.05, 0.1) is 36.1 Å². The zero-order valence-electron chi connectivity index (χ0n) is 21.4. The van der Waals surface area contributed by atoms with E-state index in [0.29, 0.717) is 39.9 Å². The number of rotatable bonds is 8. The molecule has 0 saturated heterocycles. The van der Waals surface area contributed by atoms with E-state index in [9.17, 15) is 9.90 Å². The van der Waals surface area contributed by atoms with Crippen LogP contribution in [0.2, 0.25) is 5.02 Å². The number of nitrogens with zero attached hydrogens (tertiary/aromatic N) is 3. The molecule has 37 heavy (non-hydrogen) atoms. The Labute approximate surface area is 220 Å². The van der Waals surface area contributed by atoms with Crippen molar-refractivity contribution < 1.29 is 14.3 Å². The molecule has 2 aromatic carbocycles. The standard InChI is InChI=1S/C29H30ClN3O4/c1-5-16(2)25-22(10-11-24(30)27(25)34)26-17(3)32-28(33(29(26)35)14-20-13-31-15-37-20)21-9-8-19(36-4)12-23(21)18-6-7-18/h8-13,15-16,18,34H,5-7,14H2,1-4H3. The van der Waals surface area contributed by atoms with Gasteiger partial charge in [0, 0.05) is 11.1 Å². The van der Waals surface area contributed by atoms with Crippen LogP contribution >= 0.6 is 11.6 Å². The number of aromatic nitrogens is 3. The van der Waals surface area contributed by atoms with Crippen molar-refractivity contribution in [3.8, 4) is 34.0 Å². The van der Waals surface area contributed by atoms with E-state index in [2.05, 4.69) is 4.98 Å². The van der Waals surface area contributed by atoms with Crippen LogP contribution in [0.4, 0.5) is 0 Å². The van der Waals surface area contributed by atoms with E-state index in [1.807, 2.05) is 39.0 Å². The molecule has 1 N–H and O–H groups in total. The van der Waals surface area contributed by atoms with Crippen LogP contribution in [0, 0.1) is 6.92 Å². The molecule has 0 radical (unpaired) electrons. The van der Waals surface area contributed by atoms with Crippen LogP contribution in [0.25, 0.3) is 22.5 Å². The average molecular weight is 520 g/mol. The number of hydrogen-bond donors (Lipinski definition) is 1. The second-order valence-electron chi connectivity index (χ2n) is 9.65. The number of phenolic OH excluding ortho intramolecular Hbond substituents is 1. The number of aromatic hydroxyl groups is 1. The number of benzene rings is 2. The Bertz CT molecular complexity index is 1510. The molecule has 2 heterocycles. The second-order valence-corrected chi connectivity index (χ2v) is 10.1. The van der Waals surface area contributed by atoms with E-state index in [1.54, 1.807) is 30.0 Å². The summed E-state index contributed by atoms with van der Waals surface area (Å²) in [6.07, 6.45) is 5.90. The van der Waals surface area contributed by atoms with E-state index < -0.39 is 0 Å². The highest BCUT2D eigenvalue weighted by Gasteiger charge is 2.30. The maximum Gasteiger partial charge on any atom is 0.262 e. The fourth-order valence-corrected chi connectivity index (χ4v) is 5.07. The van der Waals surface area contributed by atoms with Crippen LogP contribution in [0.15, 0.2) is 52.1 Å². The molecule has 192 valence electrons. The molecule has 2 aromatic heterocycles. The average Bonchev–Trinajstić information content (AvgIpc) is 3.62. The van der Waals surface area contributed by atoms with Crippen molar-refractivity contribution in [3.63, 3.8) is 0 Å². The number of hydrogen-bond acceptors (Lipinski definition) is 6. The van der Waals surface area contributed by atoms with Gasteiger partial charge in [-0.3, -0.25) is 9.36 Å². The highest BCUT2D eigenvalue weighted by Crippen LogP contribution is 2.46. The summed E-state index contributed by atoms with van der Waals surface area (Å²) in [5, 5.41) is 11.1. The van der Waals surface area contributed by atoms with E-state index in [-0.39, 0.29) is 28.8 Å². The van der Waals surface area contributed by atoms with Crippen molar-refractivity contribution in [1.29, 1.82) is 0 Å². The molecule has 7 nitrogen and oxygen atoms in total. The van der Waals surface area contributed by atoms with Crippen molar-refractivity contribution in [3.05, 3.63) is 80.9 Å². The molecule has 0 bridgehead atoms. The second kappa shape index (κ2) is 10.1. The number of halogens is 1. The van der Waals surface area contributed by atoms with E-state index in [1.165, 1.54) is 6.39 Å². The number of phenols is 1. The van der Waals surface area contributed by atoms with E-state index >= 15 is 0 Å². The summed E-state index contributed by atoms with van der Waals surface area (Å²) in [6, 6.07) is 9.34. The third-order valence-electron chi connectivity index (χ3n) is 7.21. The lowest BCUT2D eigenvalue weighted by Crippen LogP contribution is -2.27. The number of methoxy groups -OCH3 is 1. The zero-order chi connectivity index (χ0) is 26.3. The van der Waals surface area contributed by atoms with Crippen LogP contribution in [-0.2, 0) is 6.54 Å². The summed E-state index contributed by atoms with van der Waals surface area (Å²) in [6.45, 7) is 6.06. The molecule has 8 heteroatoms. The van der Waals surface area contributed by atoms with Crippen LogP contribution in [0.3, 0.4) is 0 Å². The monoisotopic (exact) mass is 519 g/mol. The van der Waals surface area contributed by atoms with Crippen LogP contribution < -0.4 is 10.3 Å². The van der Waals surface area contributed by atoms with Crippen LogP contribution in [-0.4, -0.2) is 26.8 Å². The molecular weight excluding hydrogens is 490 g/mol. The molecule has 4 aromatic rings. The highest BCUT2D eigenvalue weighted by molar-refractivity contribution is 6.32. The molecule has 1 aliphatic rings. The first-order valence-electron chi connectivity index (χ1n) is 12.5. The van der Waals surface area contributed by atoms with E-state index in [0.717, 1.165) is 36.1 Å². The third kappa shape index (κ3) is 4.64. The van der Waals surface area contributed by atoms with Gasteiger partial charge in [-0.05, 0) is 73.4 Å². The Balaban J connectivity index is 1.79. The van der Waals surface area contributed by atoms with E-state index in [4.69, 9.17) is 25.7 Å². The molecule has 1 atom stereocenters. The lowest BCUT2D eigenvalue weighted by atomic mass is 9.89. The molecule has 5 rings (SSSR count). The van der Waals surface area contributed by atoms with Crippen LogP contribution in [0.1, 0.15) is 67.5 Å². The van der Waals surface area contributed by atoms with Gasteiger partial charge in [0.1, 0.15) is 23.1 Å². The SMILES string of the molecule is CCC(C)c1c(-c2c(C)nc(-c3ccc(OC)cc3C3CC3)n(Cc3cnco3)c2=O)ccc(Cl)c1O. The minimum Gasteiger partial charge on any atom is -0.506 e. The molecular formula is C29H30ClN3O4. The van der Waals surface area contributed by atoms with Crippen molar-refractivity contribution in [2.75, 3.05) is 7.11 Å². The van der Waals surface area contributed by atoms with Gasteiger partial charge in [-0.15, -0.1) is 0 Å². The smallest absolute Gasteiger partial charge is 0.262 e. The summed E-state index contributed by atoms with van der Waals surface area (Å²) >= 11 is 6.28. The largest absolute Gasteiger partial charge is 0.506 e. The van der Waals surface area contributed by atoms with Gasteiger partial charge in [-0.1, -0.05) is 31.5 Å². The molecule has 1 saturated carbocycles. The zero-order valence-corrected chi connectivity index (χ0v) is 22.2. The van der Waals surface area contributed by atoms with Crippen molar-refractivity contribution in [2.24, 2.45) is 0 Å². The molecule has 1 unspecified atom stereocenters. The number of oxazole rings is 1. The van der Waals surface area contributed by atoms with Gasteiger partial charge < -0.3 is 14.3 Å². The summed E-state index contributed by atoms with van der Waals surface area (Å²) in [7, 11) is 1.65. The molecule has 0 amide bonds. The Morgan fingerprint density at radius 2 is 2.00 bits per heavy atom. The minimum absolute atomic E-state index is 0.00403.